The molecule has 1 aromatic rings. The molecule has 1 aliphatic rings. The molecule has 0 aliphatic heterocycles. The highest BCUT2D eigenvalue weighted by atomic mass is 35.5. The first-order valence-electron chi connectivity index (χ1n) is 5.08. The van der Waals surface area contributed by atoms with Gasteiger partial charge >= 0.3 is 0 Å². The molecular formula is C12H8Cl6. The molecule has 0 amide bonds. The predicted molar refractivity (Wildman–Crippen MR) is 82.3 cm³/mol. The average Bonchev–Trinajstić information content (AvgIpc) is 2.27. The molecule has 0 bridgehead atoms. The van der Waals surface area contributed by atoms with Crippen LogP contribution in [0.2, 0.25) is 0 Å². The van der Waals surface area contributed by atoms with E-state index in [1.165, 1.54) is 0 Å². The Labute approximate surface area is 136 Å². The lowest BCUT2D eigenvalue weighted by Crippen LogP contribution is -2.51. The number of halogens is 6. The van der Waals surface area contributed by atoms with Gasteiger partial charge in [-0.3, -0.25) is 0 Å². The molecule has 6 heteroatoms. The summed E-state index contributed by atoms with van der Waals surface area (Å²) in [6, 6.07) is 9.52. The lowest BCUT2D eigenvalue weighted by atomic mass is 9.91. The lowest BCUT2D eigenvalue weighted by molar-refractivity contribution is 0.622. The SMILES string of the molecule is ClC1(Cl)C=C(c2ccccc2)CC(Cl)(Cl)C1(Cl)Cl. The number of hydrogen-bond acceptors (Lipinski definition) is 0. The summed E-state index contributed by atoms with van der Waals surface area (Å²) >= 11 is 36.9. The van der Waals surface area contributed by atoms with Gasteiger partial charge in [-0.2, -0.15) is 0 Å². The molecule has 0 aromatic heterocycles. The number of rotatable bonds is 1. The molecule has 0 saturated heterocycles. The van der Waals surface area contributed by atoms with Crippen molar-refractivity contribution in [3.8, 4) is 0 Å². The Bertz CT molecular complexity index is 475. The monoisotopic (exact) mass is 362 g/mol. The van der Waals surface area contributed by atoms with Crippen LogP contribution in [0.1, 0.15) is 12.0 Å². The Hall–Kier alpha value is 0.700. The van der Waals surface area contributed by atoms with E-state index >= 15 is 0 Å². The van der Waals surface area contributed by atoms with Crippen LogP contribution in [0.4, 0.5) is 0 Å². The maximum Gasteiger partial charge on any atom is 0.187 e. The van der Waals surface area contributed by atoms with Crippen LogP contribution in [-0.2, 0) is 0 Å². The molecule has 2 rings (SSSR count). The predicted octanol–water partition coefficient (Wildman–Crippen LogP) is 6.00. The first kappa shape index (κ1) is 15.1. The zero-order valence-electron chi connectivity index (χ0n) is 8.94. The van der Waals surface area contributed by atoms with Crippen LogP contribution in [0, 0.1) is 0 Å². The minimum absolute atomic E-state index is 0.258. The summed E-state index contributed by atoms with van der Waals surface area (Å²) < 4.78 is -4.73. The van der Waals surface area contributed by atoms with Crippen molar-refractivity contribution in [2.45, 2.75) is 19.4 Å². The molecule has 0 unspecified atom stereocenters. The Morgan fingerprint density at radius 2 is 1.39 bits per heavy atom. The Morgan fingerprint density at radius 1 is 0.833 bits per heavy atom. The number of benzene rings is 1. The van der Waals surface area contributed by atoms with Crippen LogP contribution in [0.3, 0.4) is 0 Å². The van der Waals surface area contributed by atoms with E-state index < -0.39 is 13.0 Å². The quantitative estimate of drug-likeness (QED) is 0.536. The fraction of sp³-hybridized carbons (Fsp3) is 0.333. The summed E-state index contributed by atoms with van der Waals surface area (Å²) in [7, 11) is 0. The van der Waals surface area contributed by atoms with E-state index in [4.69, 9.17) is 69.6 Å². The van der Waals surface area contributed by atoms with Gasteiger partial charge in [0, 0.05) is 6.42 Å². The Balaban J connectivity index is 2.51. The van der Waals surface area contributed by atoms with Crippen LogP contribution in [0.5, 0.6) is 0 Å². The van der Waals surface area contributed by atoms with Gasteiger partial charge in [0.2, 0.25) is 0 Å². The van der Waals surface area contributed by atoms with E-state index in [1.54, 1.807) is 6.08 Å². The van der Waals surface area contributed by atoms with E-state index in [0.29, 0.717) is 0 Å². The van der Waals surface area contributed by atoms with Crippen molar-refractivity contribution in [1.29, 1.82) is 0 Å². The molecule has 0 nitrogen and oxygen atoms in total. The van der Waals surface area contributed by atoms with Crippen molar-refractivity contribution < 1.29 is 0 Å². The summed E-state index contributed by atoms with van der Waals surface area (Å²) in [5.74, 6) is 0. The van der Waals surface area contributed by atoms with Gasteiger partial charge in [0.15, 0.2) is 13.0 Å². The van der Waals surface area contributed by atoms with Gasteiger partial charge in [-0.15, -0.1) is 0 Å². The maximum atomic E-state index is 6.18. The topological polar surface area (TPSA) is 0 Å². The minimum Gasteiger partial charge on any atom is -0.0978 e. The molecule has 0 atom stereocenters. The average molecular weight is 365 g/mol. The Kier molecular flexibility index (Phi) is 4.12. The van der Waals surface area contributed by atoms with Gasteiger partial charge < -0.3 is 0 Å². The van der Waals surface area contributed by atoms with E-state index in [0.717, 1.165) is 11.1 Å². The van der Waals surface area contributed by atoms with Crippen molar-refractivity contribution in [3.05, 3.63) is 42.0 Å². The highest BCUT2D eigenvalue weighted by Crippen LogP contribution is 2.61. The molecule has 0 radical (unpaired) electrons. The molecule has 18 heavy (non-hydrogen) atoms. The summed E-state index contributed by atoms with van der Waals surface area (Å²) in [4.78, 5) is 0. The first-order valence-corrected chi connectivity index (χ1v) is 7.35. The van der Waals surface area contributed by atoms with Crippen molar-refractivity contribution in [2.24, 2.45) is 0 Å². The van der Waals surface area contributed by atoms with Gasteiger partial charge in [-0.25, -0.2) is 0 Å². The fourth-order valence-electron chi connectivity index (χ4n) is 1.79. The molecule has 0 saturated carbocycles. The normalized spacial score (nSPS) is 24.4. The minimum atomic E-state index is -1.69. The van der Waals surface area contributed by atoms with E-state index in [-0.39, 0.29) is 6.42 Å². The van der Waals surface area contributed by atoms with Gasteiger partial charge in [-0.05, 0) is 17.2 Å². The largest absolute Gasteiger partial charge is 0.187 e. The van der Waals surface area contributed by atoms with Gasteiger partial charge in [0.25, 0.3) is 0 Å². The van der Waals surface area contributed by atoms with E-state index in [1.807, 2.05) is 30.3 Å². The third kappa shape index (κ3) is 2.49. The van der Waals surface area contributed by atoms with Crippen LogP contribution in [0.15, 0.2) is 36.4 Å². The van der Waals surface area contributed by atoms with Gasteiger partial charge in [-0.1, -0.05) is 99.9 Å². The summed E-state index contributed by atoms with van der Waals surface area (Å²) in [6.07, 6.45) is 1.85. The zero-order chi connectivity index (χ0) is 13.6. The fourth-order valence-corrected chi connectivity index (χ4v) is 3.40. The highest BCUT2D eigenvalue weighted by Gasteiger charge is 2.62. The van der Waals surface area contributed by atoms with Crippen LogP contribution in [-0.4, -0.2) is 13.0 Å². The molecule has 1 aliphatic carbocycles. The maximum absolute atomic E-state index is 6.18. The first-order chi connectivity index (χ1) is 8.17. The molecule has 0 N–H and O–H groups in total. The zero-order valence-corrected chi connectivity index (χ0v) is 13.5. The van der Waals surface area contributed by atoms with Crippen LogP contribution < -0.4 is 0 Å². The van der Waals surface area contributed by atoms with Crippen molar-refractivity contribution >= 4 is 75.2 Å². The molecule has 0 spiro atoms. The molecule has 98 valence electrons. The Morgan fingerprint density at radius 3 is 1.89 bits per heavy atom. The third-order valence-corrected chi connectivity index (χ3v) is 6.43. The highest BCUT2D eigenvalue weighted by molar-refractivity contribution is 6.70. The standard InChI is InChI=1S/C12H8Cl6/c13-10(14)6-9(8-4-2-1-3-5-8)7-11(15,16)12(10,17)18/h1-6H,7H2. The van der Waals surface area contributed by atoms with E-state index in [9.17, 15) is 0 Å². The second-order valence-corrected chi connectivity index (χ2v) is 8.31. The van der Waals surface area contributed by atoms with E-state index in [2.05, 4.69) is 0 Å². The molecule has 1 aromatic carbocycles. The van der Waals surface area contributed by atoms with Gasteiger partial charge in [0.05, 0.1) is 0 Å². The summed E-state index contributed by atoms with van der Waals surface area (Å²) in [6.45, 7) is 0. The third-order valence-electron chi connectivity index (χ3n) is 2.79. The van der Waals surface area contributed by atoms with Crippen molar-refractivity contribution in [2.75, 3.05) is 0 Å². The van der Waals surface area contributed by atoms with Crippen molar-refractivity contribution in [3.63, 3.8) is 0 Å². The molecule has 0 heterocycles. The summed E-state index contributed by atoms with van der Waals surface area (Å²) in [5, 5.41) is 0. The second-order valence-electron chi connectivity index (χ2n) is 4.11. The van der Waals surface area contributed by atoms with Gasteiger partial charge in [0.1, 0.15) is 0 Å². The van der Waals surface area contributed by atoms with Crippen molar-refractivity contribution in [1.82, 2.24) is 0 Å². The lowest BCUT2D eigenvalue weighted by Gasteiger charge is -2.44. The smallest absolute Gasteiger partial charge is 0.0978 e. The van der Waals surface area contributed by atoms with Crippen LogP contribution >= 0.6 is 69.6 Å². The molecule has 0 fully saturated rings. The number of allylic oxidation sites excluding steroid dienone is 2. The summed E-state index contributed by atoms with van der Waals surface area (Å²) in [5.41, 5.74) is 1.74. The second kappa shape index (κ2) is 4.91. The number of hydrogen-bond donors (Lipinski definition) is 0. The van der Waals surface area contributed by atoms with Crippen LogP contribution in [0.25, 0.3) is 5.57 Å². The number of alkyl halides is 6. The molecular weight excluding hydrogens is 357 g/mol.